The Bertz CT molecular complexity index is 122. The average Bonchev–Trinajstić information content (AvgIpc) is 2.50. The fraction of sp³-hybridized carbons (Fsp3) is 0.833. The Morgan fingerprint density at radius 1 is 1.78 bits per heavy atom. The molecule has 0 amide bonds. The lowest BCUT2D eigenvalue weighted by molar-refractivity contribution is -0.116. The monoisotopic (exact) mass is 150 g/mol. The lowest BCUT2D eigenvalue weighted by Gasteiger charge is -1.97. The summed E-state index contributed by atoms with van der Waals surface area (Å²) in [6.45, 7) is 0. The molecule has 0 heterocycles. The van der Waals surface area contributed by atoms with Crippen LogP contribution in [-0.4, -0.2) is 11.4 Å². The van der Waals surface area contributed by atoms with Crippen LogP contribution in [0.4, 0.5) is 4.39 Å². The first-order chi connectivity index (χ1) is 4.20. The van der Waals surface area contributed by atoms with Gasteiger partial charge in [-0.1, -0.05) is 12.8 Å². The number of carbonyl (C=O) groups excluding carboxylic acids is 1. The zero-order valence-corrected chi connectivity index (χ0v) is 5.70. The van der Waals surface area contributed by atoms with E-state index < -0.39 is 11.4 Å². The Morgan fingerprint density at radius 2 is 2.33 bits per heavy atom. The molecule has 52 valence electrons. The first-order valence-electron chi connectivity index (χ1n) is 3.03. The summed E-state index contributed by atoms with van der Waals surface area (Å²) >= 11 is 4.89. The highest BCUT2D eigenvalue weighted by molar-refractivity contribution is 6.64. The molecule has 0 N–H and O–H groups in total. The van der Waals surface area contributed by atoms with E-state index in [1.807, 2.05) is 0 Å². The summed E-state index contributed by atoms with van der Waals surface area (Å²) in [5, 5.41) is -0.845. The average molecular weight is 151 g/mol. The minimum atomic E-state index is -1.42. The molecule has 1 aliphatic rings. The number of hydrogen-bond donors (Lipinski definition) is 0. The van der Waals surface area contributed by atoms with E-state index in [2.05, 4.69) is 0 Å². The Kier molecular flexibility index (Phi) is 2.06. The van der Waals surface area contributed by atoms with E-state index in [1.165, 1.54) is 0 Å². The summed E-state index contributed by atoms with van der Waals surface area (Å²) in [6.07, 6.45) is 1.04. The van der Waals surface area contributed by atoms with Crippen LogP contribution < -0.4 is 0 Å². The van der Waals surface area contributed by atoms with E-state index in [0.29, 0.717) is 12.3 Å². The van der Waals surface area contributed by atoms with Gasteiger partial charge in [0.25, 0.3) is 5.24 Å². The van der Waals surface area contributed by atoms with Gasteiger partial charge in [-0.25, -0.2) is 4.39 Å². The minimum Gasteiger partial charge on any atom is -0.278 e. The normalized spacial score (nSPS) is 21.6. The third-order valence-corrected chi connectivity index (χ3v) is 1.72. The van der Waals surface area contributed by atoms with Gasteiger partial charge in [0.15, 0.2) is 6.17 Å². The zero-order valence-electron chi connectivity index (χ0n) is 4.94. The standard InChI is InChI=1S/C6H8ClFO/c7-6(9)5(8)3-4-1-2-4/h4-5H,1-3H2. The molecule has 1 saturated carbocycles. The van der Waals surface area contributed by atoms with Crippen molar-refractivity contribution in [2.45, 2.75) is 25.4 Å². The van der Waals surface area contributed by atoms with Crippen LogP contribution in [0, 0.1) is 5.92 Å². The Morgan fingerprint density at radius 3 is 2.67 bits per heavy atom. The Labute approximate surface area is 58.2 Å². The molecular formula is C6H8ClFO. The number of hydrogen-bond acceptors (Lipinski definition) is 1. The van der Waals surface area contributed by atoms with Gasteiger partial charge in [-0.05, 0) is 23.9 Å². The molecule has 0 aliphatic heterocycles. The van der Waals surface area contributed by atoms with Crippen molar-refractivity contribution < 1.29 is 9.18 Å². The second-order valence-electron chi connectivity index (χ2n) is 2.45. The highest BCUT2D eigenvalue weighted by atomic mass is 35.5. The summed E-state index contributed by atoms with van der Waals surface area (Å²) in [6, 6.07) is 0. The fourth-order valence-corrected chi connectivity index (χ4v) is 0.828. The van der Waals surface area contributed by atoms with Crippen LogP contribution in [0.15, 0.2) is 0 Å². The molecule has 0 aromatic heterocycles. The van der Waals surface area contributed by atoms with Crippen LogP contribution in [-0.2, 0) is 4.79 Å². The summed E-state index contributed by atoms with van der Waals surface area (Å²) in [5.74, 6) is 0.433. The Hall–Kier alpha value is -0.110. The maximum atomic E-state index is 12.3. The third-order valence-electron chi connectivity index (χ3n) is 1.48. The second-order valence-corrected chi connectivity index (χ2v) is 2.82. The number of alkyl halides is 1. The topological polar surface area (TPSA) is 17.1 Å². The molecule has 9 heavy (non-hydrogen) atoms. The highest BCUT2D eigenvalue weighted by Gasteiger charge is 2.28. The molecule has 3 heteroatoms. The molecule has 1 fully saturated rings. The SMILES string of the molecule is O=C(Cl)C(F)CC1CC1. The largest absolute Gasteiger partial charge is 0.278 e. The van der Waals surface area contributed by atoms with Gasteiger partial charge < -0.3 is 0 Å². The van der Waals surface area contributed by atoms with E-state index in [9.17, 15) is 9.18 Å². The predicted octanol–water partition coefficient (Wildman–Crippen LogP) is 1.89. The molecule has 1 unspecified atom stereocenters. The first-order valence-corrected chi connectivity index (χ1v) is 3.41. The summed E-state index contributed by atoms with van der Waals surface area (Å²) in [5.41, 5.74) is 0. The van der Waals surface area contributed by atoms with Crippen molar-refractivity contribution in [2.24, 2.45) is 5.92 Å². The summed E-state index contributed by atoms with van der Waals surface area (Å²) in [4.78, 5) is 10.1. The molecular weight excluding hydrogens is 143 g/mol. The van der Waals surface area contributed by atoms with Crippen molar-refractivity contribution in [1.29, 1.82) is 0 Å². The van der Waals surface area contributed by atoms with Gasteiger partial charge in [-0.2, -0.15) is 0 Å². The van der Waals surface area contributed by atoms with Crippen molar-refractivity contribution in [2.75, 3.05) is 0 Å². The van der Waals surface area contributed by atoms with Gasteiger partial charge in [0.2, 0.25) is 0 Å². The van der Waals surface area contributed by atoms with Gasteiger partial charge in [0.1, 0.15) is 0 Å². The molecule has 0 aromatic rings. The van der Waals surface area contributed by atoms with Crippen molar-refractivity contribution in [3.05, 3.63) is 0 Å². The lowest BCUT2D eigenvalue weighted by Crippen LogP contribution is -2.09. The molecule has 0 saturated heterocycles. The molecule has 1 rings (SSSR count). The number of rotatable bonds is 3. The van der Waals surface area contributed by atoms with Crippen molar-refractivity contribution in [1.82, 2.24) is 0 Å². The van der Waals surface area contributed by atoms with Gasteiger partial charge in [0, 0.05) is 0 Å². The van der Waals surface area contributed by atoms with E-state index in [-0.39, 0.29) is 0 Å². The number of halogens is 2. The molecule has 0 bridgehead atoms. The highest BCUT2D eigenvalue weighted by Crippen LogP contribution is 2.34. The van der Waals surface area contributed by atoms with Crippen LogP contribution >= 0.6 is 11.6 Å². The number of carbonyl (C=O) groups is 1. The molecule has 0 aromatic carbocycles. The van der Waals surface area contributed by atoms with Gasteiger partial charge in [-0.3, -0.25) is 4.79 Å². The van der Waals surface area contributed by atoms with Crippen molar-refractivity contribution in [3.63, 3.8) is 0 Å². The van der Waals surface area contributed by atoms with Crippen LogP contribution in [0.3, 0.4) is 0 Å². The smallest absolute Gasteiger partial charge is 0.255 e. The van der Waals surface area contributed by atoms with Crippen LogP contribution in [0.5, 0.6) is 0 Å². The van der Waals surface area contributed by atoms with Crippen molar-refractivity contribution >= 4 is 16.8 Å². The Balaban J connectivity index is 2.16. The van der Waals surface area contributed by atoms with Gasteiger partial charge in [0.05, 0.1) is 0 Å². The maximum absolute atomic E-state index is 12.3. The van der Waals surface area contributed by atoms with Gasteiger partial charge >= 0.3 is 0 Å². The summed E-state index contributed by atoms with van der Waals surface area (Å²) in [7, 11) is 0. The maximum Gasteiger partial charge on any atom is 0.255 e. The minimum absolute atomic E-state index is 0.336. The molecule has 1 aliphatic carbocycles. The molecule has 0 radical (unpaired) electrons. The first kappa shape index (κ1) is 7.00. The second kappa shape index (κ2) is 2.65. The van der Waals surface area contributed by atoms with E-state index in [1.54, 1.807) is 0 Å². The van der Waals surface area contributed by atoms with Crippen LogP contribution in [0.1, 0.15) is 19.3 Å². The van der Waals surface area contributed by atoms with E-state index in [0.717, 1.165) is 12.8 Å². The molecule has 1 nitrogen and oxygen atoms in total. The third kappa shape index (κ3) is 2.31. The fourth-order valence-electron chi connectivity index (χ4n) is 0.739. The summed E-state index contributed by atoms with van der Waals surface area (Å²) < 4.78 is 12.3. The zero-order chi connectivity index (χ0) is 6.85. The van der Waals surface area contributed by atoms with Crippen molar-refractivity contribution in [3.8, 4) is 0 Å². The predicted molar refractivity (Wildman–Crippen MR) is 33.1 cm³/mol. The van der Waals surface area contributed by atoms with E-state index >= 15 is 0 Å². The van der Waals surface area contributed by atoms with Crippen LogP contribution in [0.25, 0.3) is 0 Å². The van der Waals surface area contributed by atoms with Crippen LogP contribution in [0.2, 0.25) is 0 Å². The lowest BCUT2D eigenvalue weighted by atomic mass is 10.2. The van der Waals surface area contributed by atoms with Gasteiger partial charge in [-0.15, -0.1) is 0 Å². The quantitative estimate of drug-likeness (QED) is 0.562. The molecule has 1 atom stereocenters. The van der Waals surface area contributed by atoms with E-state index in [4.69, 9.17) is 11.6 Å². The molecule has 0 spiro atoms.